The Morgan fingerprint density at radius 2 is 1.14 bits per heavy atom. The second kappa shape index (κ2) is 19.6. The van der Waals surface area contributed by atoms with Crippen molar-refractivity contribution in [2.75, 3.05) is 0 Å². The van der Waals surface area contributed by atoms with Crippen LogP contribution < -0.4 is 0 Å². The summed E-state index contributed by atoms with van der Waals surface area (Å²) in [4.78, 5) is 0. The zero-order valence-corrected chi connectivity index (χ0v) is 27.2. The van der Waals surface area contributed by atoms with Gasteiger partial charge in [0.2, 0.25) is 0 Å². The van der Waals surface area contributed by atoms with Crippen molar-refractivity contribution < 1.29 is 9.53 Å². The minimum absolute atomic E-state index is 0. The minimum Gasteiger partial charge on any atom is -0.410 e. The average molecular weight is 661 g/mol. The van der Waals surface area contributed by atoms with Crippen LogP contribution in [0.4, 0.5) is 0 Å². The predicted octanol–water partition coefficient (Wildman–Crippen LogP) is 12.4. The van der Waals surface area contributed by atoms with Gasteiger partial charge in [-0.1, -0.05) is 144 Å². The monoisotopic (exact) mass is 658 g/mol. The number of unbranched alkanes of at least 4 members (excludes halogenated alkanes) is 4. The minimum atomic E-state index is -1.74. The molecule has 2 nitrogen and oxygen atoms in total. The summed E-state index contributed by atoms with van der Waals surface area (Å²) in [5.74, 6) is 0. The van der Waals surface area contributed by atoms with Crippen LogP contribution in [-0.4, -0.2) is 13.4 Å². The molecular formula is C32H56Br2O2Si. The van der Waals surface area contributed by atoms with Gasteiger partial charge in [0.1, 0.15) is 0 Å². The number of rotatable bonds is 12. The summed E-state index contributed by atoms with van der Waals surface area (Å²) in [7, 11) is -1.74. The third kappa shape index (κ3) is 15.0. The summed E-state index contributed by atoms with van der Waals surface area (Å²) in [6.07, 6.45) is 9.24. The van der Waals surface area contributed by atoms with E-state index >= 15 is 0 Å². The van der Waals surface area contributed by atoms with E-state index in [1.54, 1.807) is 0 Å². The molecule has 0 saturated heterocycles. The molecule has 2 aromatic carbocycles. The van der Waals surface area contributed by atoms with Gasteiger partial charge < -0.3 is 9.53 Å². The molecule has 0 unspecified atom stereocenters. The van der Waals surface area contributed by atoms with E-state index < -0.39 is 8.32 Å². The Bertz CT molecular complexity index is 814. The second-order valence-corrected chi connectivity index (χ2v) is 17.6. The zero-order valence-electron chi connectivity index (χ0n) is 23.0. The molecule has 2 atom stereocenters. The van der Waals surface area contributed by atoms with Gasteiger partial charge in [-0.05, 0) is 66.4 Å². The van der Waals surface area contributed by atoms with E-state index in [1.165, 1.54) is 37.7 Å². The molecule has 0 heterocycles. The maximum Gasteiger partial charge on any atom is 0.192 e. The highest BCUT2D eigenvalue weighted by atomic mass is 79.9. The standard InChI is InChI=1S/C18H31BrOSi.C12H17BrO.2CH4/c1-7-8-9-10-17(15-11-13-16(19)14-12-15)20-21(5,6)18(2,3)4;1-2-3-4-5-12(14)10-6-8-11(13)9-7-10;;/h11-14,17H,7-10H2,1-6H3;6-9,12,14H,2-5H2,1H3;2*1H4/t17-;12-;;/m01../s1. The Hall–Kier alpha value is -0.463. The fourth-order valence-electron chi connectivity index (χ4n) is 3.52. The normalized spacial score (nSPS) is 12.9. The van der Waals surface area contributed by atoms with E-state index in [0.717, 1.165) is 33.8 Å². The molecule has 2 aromatic rings. The van der Waals surface area contributed by atoms with Gasteiger partial charge in [0.15, 0.2) is 8.32 Å². The lowest BCUT2D eigenvalue weighted by molar-refractivity contribution is 0.163. The molecule has 0 fully saturated rings. The highest BCUT2D eigenvalue weighted by Crippen LogP contribution is 2.41. The Balaban J connectivity index is 0. The first-order valence-corrected chi connectivity index (χ1v) is 17.8. The SMILES string of the molecule is C.C.CCCCC[C@@H](O)c1ccc(Br)cc1.CCCCC[C@H](O[Si](C)(C)C(C)(C)C)c1ccc(Br)cc1. The number of hydrogen-bond acceptors (Lipinski definition) is 2. The number of aliphatic hydroxyl groups excluding tert-OH is 1. The van der Waals surface area contributed by atoms with Crippen LogP contribution in [0.5, 0.6) is 0 Å². The van der Waals surface area contributed by atoms with Crippen molar-refractivity contribution in [3.8, 4) is 0 Å². The maximum absolute atomic E-state index is 9.82. The zero-order chi connectivity index (χ0) is 26.5. The first-order valence-electron chi connectivity index (χ1n) is 13.3. The molecular weight excluding hydrogens is 604 g/mol. The number of halogens is 2. The van der Waals surface area contributed by atoms with Crippen LogP contribution >= 0.6 is 31.9 Å². The van der Waals surface area contributed by atoms with Crippen LogP contribution in [-0.2, 0) is 4.43 Å². The van der Waals surface area contributed by atoms with Crippen molar-refractivity contribution in [1.82, 2.24) is 0 Å². The third-order valence-corrected chi connectivity index (χ3v) is 12.4. The molecule has 0 aromatic heterocycles. The smallest absolute Gasteiger partial charge is 0.192 e. The molecule has 214 valence electrons. The van der Waals surface area contributed by atoms with E-state index in [4.69, 9.17) is 4.43 Å². The van der Waals surface area contributed by atoms with Gasteiger partial charge in [-0.2, -0.15) is 0 Å². The van der Waals surface area contributed by atoms with Gasteiger partial charge in [0.05, 0.1) is 12.2 Å². The number of aliphatic hydroxyl groups is 1. The first kappa shape index (κ1) is 38.7. The maximum atomic E-state index is 9.82. The van der Waals surface area contributed by atoms with Gasteiger partial charge in [-0.25, -0.2) is 0 Å². The molecule has 5 heteroatoms. The molecule has 0 aliphatic rings. The van der Waals surface area contributed by atoms with E-state index in [9.17, 15) is 5.11 Å². The molecule has 0 saturated carbocycles. The number of benzene rings is 2. The van der Waals surface area contributed by atoms with Crippen molar-refractivity contribution >= 4 is 40.2 Å². The molecule has 2 rings (SSSR count). The second-order valence-electron chi connectivity index (χ2n) is 11.0. The summed E-state index contributed by atoms with van der Waals surface area (Å²) in [6.45, 7) is 16.0. The summed E-state index contributed by atoms with van der Waals surface area (Å²) < 4.78 is 8.89. The fourth-order valence-corrected chi connectivity index (χ4v) is 5.37. The van der Waals surface area contributed by atoms with Gasteiger partial charge in [0.25, 0.3) is 0 Å². The summed E-state index contributed by atoms with van der Waals surface area (Å²) >= 11 is 6.90. The highest BCUT2D eigenvalue weighted by molar-refractivity contribution is 9.10. The summed E-state index contributed by atoms with van der Waals surface area (Å²) in [5.41, 5.74) is 2.34. The quantitative estimate of drug-likeness (QED) is 0.181. The van der Waals surface area contributed by atoms with Crippen molar-refractivity contribution in [1.29, 1.82) is 0 Å². The van der Waals surface area contributed by atoms with Crippen molar-refractivity contribution in [3.05, 3.63) is 68.6 Å². The summed E-state index contributed by atoms with van der Waals surface area (Å²) in [6, 6.07) is 16.5. The van der Waals surface area contributed by atoms with Crippen LogP contribution in [0.15, 0.2) is 57.5 Å². The van der Waals surface area contributed by atoms with Crippen LogP contribution in [0.2, 0.25) is 18.1 Å². The molecule has 1 N–H and O–H groups in total. The Morgan fingerprint density at radius 3 is 1.54 bits per heavy atom. The lowest BCUT2D eigenvalue weighted by Crippen LogP contribution is -2.41. The molecule has 0 bridgehead atoms. The van der Waals surface area contributed by atoms with Gasteiger partial charge in [0, 0.05) is 8.95 Å². The van der Waals surface area contributed by atoms with E-state index in [1.807, 2.05) is 24.3 Å². The van der Waals surface area contributed by atoms with Gasteiger partial charge >= 0.3 is 0 Å². The van der Waals surface area contributed by atoms with E-state index in [2.05, 4.69) is 104 Å². The largest absolute Gasteiger partial charge is 0.410 e. The Morgan fingerprint density at radius 1 is 0.730 bits per heavy atom. The van der Waals surface area contributed by atoms with Crippen LogP contribution in [0.1, 0.15) is 124 Å². The van der Waals surface area contributed by atoms with Gasteiger partial charge in [-0.3, -0.25) is 0 Å². The predicted molar refractivity (Wildman–Crippen MR) is 176 cm³/mol. The molecule has 37 heavy (non-hydrogen) atoms. The molecule has 0 spiro atoms. The molecule has 0 aliphatic heterocycles. The van der Waals surface area contributed by atoms with Crippen molar-refractivity contribution in [2.24, 2.45) is 0 Å². The van der Waals surface area contributed by atoms with Crippen molar-refractivity contribution in [2.45, 2.75) is 131 Å². The Kier molecular flexibility index (Phi) is 20.5. The summed E-state index contributed by atoms with van der Waals surface area (Å²) in [5, 5.41) is 10.1. The van der Waals surface area contributed by atoms with E-state index in [0.29, 0.717) is 0 Å². The lowest BCUT2D eigenvalue weighted by atomic mass is 10.0. The van der Waals surface area contributed by atoms with Crippen LogP contribution in [0.25, 0.3) is 0 Å². The molecule has 0 amide bonds. The van der Waals surface area contributed by atoms with Crippen molar-refractivity contribution in [3.63, 3.8) is 0 Å². The topological polar surface area (TPSA) is 29.5 Å². The first-order chi connectivity index (χ1) is 16.4. The molecule has 0 radical (unpaired) electrons. The highest BCUT2D eigenvalue weighted by Gasteiger charge is 2.39. The fraction of sp³-hybridized carbons (Fsp3) is 0.625. The van der Waals surface area contributed by atoms with E-state index in [-0.39, 0.29) is 32.1 Å². The Labute approximate surface area is 248 Å². The average Bonchev–Trinajstić information content (AvgIpc) is 2.79. The lowest BCUT2D eigenvalue weighted by Gasteiger charge is -2.39. The van der Waals surface area contributed by atoms with Crippen LogP contribution in [0.3, 0.4) is 0 Å². The number of hydrogen-bond donors (Lipinski definition) is 1. The molecule has 0 aliphatic carbocycles. The van der Waals surface area contributed by atoms with Crippen LogP contribution in [0, 0.1) is 0 Å². The van der Waals surface area contributed by atoms with Gasteiger partial charge in [-0.15, -0.1) is 0 Å². The third-order valence-electron chi connectivity index (χ3n) is 6.89.